The monoisotopic (exact) mass is 197 g/mol. The van der Waals surface area contributed by atoms with E-state index in [2.05, 4.69) is 5.32 Å². The van der Waals surface area contributed by atoms with Crippen molar-refractivity contribution >= 4 is 5.69 Å². The fraction of sp³-hybridized carbons (Fsp3) is 0.455. The summed E-state index contributed by atoms with van der Waals surface area (Å²) >= 11 is 0. The van der Waals surface area contributed by atoms with Crippen LogP contribution in [0.2, 0.25) is 0 Å². The Morgan fingerprint density at radius 3 is 2.86 bits per heavy atom. The van der Waals surface area contributed by atoms with E-state index in [4.69, 9.17) is 0 Å². The summed E-state index contributed by atoms with van der Waals surface area (Å²) in [6.45, 7) is 1.84. The first-order valence-corrected chi connectivity index (χ1v) is 4.83. The second-order valence-electron chi connectivity index (χ2n) is 3.75. The Bertz CT molecular complexity index is 342. The Morgan fingerprint density at radius 2 is 2.14 bits per heavy atom. The number of halogens is 2. The number of anilines is 1. The SMILES string of the molecule is CC(F)(F)c1cccc2c1CCCN2. The Hall–Kier alpha value is -1.12. The Kier molecular flexibility index (Phi) is 2.17. The molecular formula is C11H13F2N. The summed E-state index contributed by atoms with van der Waals surface area (Å²) in [4.78, 5) is 0. The first-order valence-electron chi connectivity index (χ1n) is 4.83. The van der Waals surface area contributed by atoms with Crippen LogP contribution >= 0.6 is 0 Å². The van der Waals surface area contributed by atoms with Crippen molar-refractivity contribution in [2.75, 3.05) is 11.9 Å². The van der Waals surface area contributed by atoms with E-state index in [1.165, 1.54) is 6.07 Å². The van der Waals surface area contributed by atoms with E-state index in [1.807, 2.05) is 6.07 Å². The van der Waals surface area contributed by atoms with Gasteiger partial charge in [-0.3, -0.25) is 0 Å². The van der Waals surface area contributed by atoms with Crippen LogP contribution in [0.5, 0.6) is 0 Å². The van der Waals surface area contributed by atoms with Crippen molar-refractivity contribution in [3.8, 4) is 0 Å². The zero-order valence-corrected chi connectivity index (χ0v) is 8.11. The smallest absolute Gasteiger partial charge is 0.270 e. The van der Waals surface area contributed by atoms with Crippen LogP contribution in [-0.2, 0) is 12.3 Å². The molecule has 14 heavy (non-hydrogen) atoms. The van der Waals surface area contributed by atoms with E-state index in [0.717, 1.165) is 37.6 Å². The van der Waals surface area contributed by atoms with E-state index >= 15 is 0 Å². The van der Waals surface area contributed by atoms with E-state index in [1.54, 1.807) is 6.07 Å². The quantitative estimate of drug-likeness (QED) is 0.729. The molecule has 0 radical (unpaired) electrons. The number of rotatable bonds is 1. The van der Waals surface area contributed by atoms with Gasteiger partial charge in [0.15, 0.2) is 0 Å². The van der Waals surface area contributed by atoms with Crippen molar-refractivity contribution < 1.29 is 8.78 Å². The number of hydrogen-bond acceptors (Lipinski definition) is 1. The van der Waals surface area contributed by atoms with Gasteiger partial charge < -0.3 is 5.32 Å². The maximum absolute atomic E-state index is 13.2. The van der Waals surface area contributed by atoms with Gasteiger partial charge in [-0.15, -0.1) is 0 Å². The van der Waals surface area contributed by atoms with E-state index in [9.17, 15) is 8.78 Å². The van der Waals surface area contributed by atoms with Gasteiger partial charge >= 0.3 is 0 Å². The fourth-order valence-electron chi connectivity index (χ4n) is 1.92. The van der Waals surface area contributed by atoms with Crippen LogP contribution < -0.4 is 5.32 Å². The molecule has 0 aliphatic carbocycles. The first-order chi connectivity index (χ1) is 6.59. The van der Waals surface area contributed by atoms with Crippen LogP contribution in [0.3, 0.4) is 0 Å². The summed E-state index contributed by atoms with van der Waals surface area (Å²) in [7, 11) is 0. The lowest BCUT2D eigenvalue weighted by molar-refractivity contribution is 0.0165. The summed E-state index contributed by atoms with van der Waals surface area (Å²) in [5.41, 5.74) is 1.82. The van der Waals surface area contributed by atoms with Gasteiger partial charge in [0.25, 0.3) is 5.92 Å². The van der Waals surface area contributed by atoms with Gasteiger partial charge in [0.05, 0.1) is 0 Å². The summed E-state index contributed by atoms with van der Waals surface area (Å²) < 4.78 is 26.4. The third-order valence-electron chi connectivity index (χ3n) is 2.57. The molecule has 76 valence electrons. The number of fused-ring (bicyclic) bond motifs is 1. The van der Waals surface area contributed by atoms with Gasteiger partial charge in [-0.25, -0.2) is 8.78 Å². The summed E-state index contributed by atoms with van der Waals surface area (Å²) in [6, 6.07) is 5.07. The Labute approximate surface area is 82.1 Å². The molecule has 1 aliphatic rings. The second kappa shape index (κ2) is 3.23. The molecule has 0 amide bonds. The molecule has 2 rings (SSSR count). The lowest BCUT2D eigenvalue weighted by atomic mass is 9.94. The molecule has 1 aromatic carbocycles. The molecule has 1 N–H and O–H groups in total. The van der Waals surface area contributed by atoms with Gasteiger partial charge in [0, 0.05) is 24.7 Å². The topological polar surface area (TPSA) is 12.0 Å². The van der Waals surface area contributed by atoms with Crippen LogP contribution in [0.25, 0.3) is 0 Å². The molecule has 0 fully saturated rings. The Morgan fingerprint density at radius 1 is 1.36 bits per heavy atom. The molecule has 1 heterocycles. The molecule has 3 heteroatoms. The highest BCUT2D eigenvalue weighted by Gasteiger charge is 2.29. The number of hydrogen-bond donors (Lipinski definition) is 1. The highest BCUT2D eigenvalue weighted by atomic mass is 19.3. The van der Waals surface area contributed by atoms with Crippen molar-refractivity contribution in [2.24, 2.45) is 0 Å². The summed E-state index contributed by atoms with van der Waals surface area (Å²) in [5.74, 6) is -2.73. The highest BCUT2D eigenvalue weighted by Crippen LogP contribution is 2.35. The summed E-state index contributed by atoms with van der Waals surface area (Å²) in [5, 5.41) is 3.14. The molecule has 0 bridgehead atoms. The molecular weight excluding hydrogens is 184 g/mol. The normalized spacial score (nSPS) is 15.9. The minimum Gasteiger partial charge on any atom is -0.385 e. The lowest BCUT2D eigenvalue weighted by Gasteiger charge is -2.23. The second-order valence-corrected chi connectivity index (χ2v) is 3.75. The number of alkyl halides is 2. The lowest BCUT2D eigenvalue weighted by Crippen LogP contribution is -2.18. The van der Waals surface area contributed by atoms with Crippen LogP contribution in [0.4, 0.5) is 14.5 Å². The number of nitrogens with one attached hydrogen (secondary N) is 1. The van der Waals surface area contributed by atoms with Gasteiger partial charge in [0.1, 0.15) is 0 Å². The molecule has 0 saturated heterocycles. The van der Waals surface area contributed by atoms with Crippen LogP contribution in [-0.4, -0.2) is 6.54 Å². The predicted molar refractivity (Wildman–Crippen MR) is 52.8 cm³/mol. The van der Waals surface area contributed by atoms with Gasteiger partial charge in [-0.05, 0) is 24.5 Å². The molecule has 0 spiro atoms. The average Bonchev–Trinajstić information content (AvgIpc) is 2.15. The average molecular weight is 197 g/mol. The van der Waals surface area contributed by atoms with Crippen LogP contribution in [0, 0.1) is 0 Å². The largest absolute Gasteiger partial charge is 0.385 e. The van der Waals surface area contributed by atoms with E-state index in [0.29, 0.717) is 0 Å². The zero-order valence-electron chi connectivity index (χ0n) is 8.11. The van der Waals surface area contributed by atoms with Gasteiger partial charge in [-0.2, -0.15) is 0 Å². The van der Waals surface area contributed by atoms with Gasteiger partial charge in [-0.1, -0.05) is 12.1 Å². The minimum atomic E-state index is -2.73. The summed E-state index contributed by atoms with van der Waals surface area (Å²) in [6.07, 6.45) is 1.68. The molecule has 0 aromatic heterocycles. The molecule has 1 aromatic rings. The van der Waals surface area contributed by atoms with Crippen LogP contribution in [0.15, 0.2) is 18.2 Å². The van der Waals surface area contributed by atoms with Crippen molar-refractivity contribution in [1.29, 1.82) is 0 Å². The van der Waals surface area contributed by atoms with Gasteiger partial charge in [0.2, 0.25) is 0 Å². The van der Waals surface area contributed by atoms with E-state index in [-0.39, 0.29) is 5.56 Å². The molecule has 0 unspecified atom stereocenters. The maximum atomic E-state index is 13.2. The predicted octanol–water partition coefficient (Wildman–Crippen LogP) is 3.16. The fourth-order valence-corrected chi connectivity index (χ4v) is 1.92. The van der Waals surface area contributed by atoms with Crippen molar-refractivity contribution in [3.63, 3.8) is 0 Å². The third kappa shape index (κ3) is 1.59. The minimum absolute atomic E-state index is 0.169. The molecule has 1 aliphatic heterocycles. The maximum Gasteiger partial charge on any atom is 0.270 e. The van der Waals surface area contributed by atoms with E-state index < -0.39 is 5.92 Å². The first kappa shape index (κ1) is 9.44. The Balaban J connectivity index is 2.51. The van der Waals surface area contributed by atoms with Crippen molar-refractivity contribution in [2.45, 2.75) is 25.7 Å². The number of benzene rings is 1. The zero-order chi connectivity index (χ0) is 10.2. The highest BCUT2D eigenvalue weighted by molar-refractivity contribution is 5.57. The van der Waals surface area contributed by atoms with Crippen LogP contribution in [0.1, 0.15) is 24.5 Å². The molecule has 0 saturated carbocycles. The van der Waals surface area contributed by atoms with Crippen molar-refractivity contribution in [3.05, 3.63) is 29.3 Å². The standard InChI is InChI=1S/C11H13F2N/c1-11(12,13)9-5-2-6-10-8(9)4-3-7-14-10/h2,5-6,14H,3-4,7H2,1H3. The molecule has 1 nitrogen and oxygen atoms in total. The van der Waals surface area contributed by atoms with Crippen molar-refractivity contribution in [1.82, 2.24) is 0 Å². The third-order valence-corrected chi connectivity index (χ3v) is 2.57. The molecule has 0 atom stereocenters.